The van der Waals surface area contributed by atoms with Crippen LogP contribution in [-0.4, -0.2) is 10.1 Å². The molecule has 0 aliphatic rings. The molecule has 2 rings (SSSR count). The Kier molecular flexibility index (Phi) is 4.79. The molecule has 0 fully saturated rings. The van der Waals surface area contributed by atoms with Gasteiger partial charge >= 0.3 is 0 Å². The summed E-state index contributed by atoms with van der Waals surface area (Å²) in [6, 6.07) is 9.78. The molecule has 108 valence electrons. The first kappa shape index (κ1) is 15.4. The van der Waals surface area contributed by atoms with E-state index in [0.29, 0.717) is 16.6 Å². The molecule has 0 unspecified atom stereocenters. The molecule has 0 radical (unpaired) electrons. The van der Waals surface area contributed by atoms with E-state index in [1.54, 1.807) is 0 Å². The molecule has 1 heterocycles. The van der Waals surface area contributed by atoms with Crippen LogP contribution in [0.25, 0.3) is 0 Å². The third-order valence-corrected chi connectivity index (χ3v) is 3.82. The highest BCUT2D eigenvalue weighted by molar-refractivity contribution is 6.35. The molecule has 0 saturated heterocycles. The molecule has 0 bridgehead atoms. The summed E-state index contributed by atoms with van der Waals surface area (Å²) in [7, 11) is 0. The fourth-order valence-electron chi connectivity index (χ4n) is 1.97. The summed E-state index contributed by atoms with van der Waals surface area (Å²) in [6.45, 7) is 7.98. The zero-order valence-electron chi connectivity index (χ0n) is 12.1. The van der Waals surface area contributed by atoms with E-state index in [4.69, 9.17) is 23.2 Å². The lowest BCUT2D eigenvalue weighted by Crippen LogP contribution is -2.35. The van der Waals surface area contributed by atoms with Crippen LogP contribution in [-0.2, 0) is 13.1 Å². The second-order valence-corrected chi connectivity index (χ2v) is 6.75. The van der Waals surface area contributed by atoms with Crippen LogP contribution < -0.4 is 5.32 Å². The van der Waals surface area contributed by atoms with E-state index in [2.05, 4.69) is 42.9 Å². The predicted octanol–water partition coefficient (Wildman–Crippen LogP) is 4.73. The first-order valence-electron chi connectivity index (χ1n) is 6.69. The van der Waals surface area contributed by atoms with Crippen LogP contribution >= 0.6 is 23.2 Å². The van der Waals surface area contributed by atoms with Crippen LogP contribution in [0.2, 0.25) is 10.0 Å². The highest BCUT2D eigenvalue weighted by Gasteiger charge is 2.12. The van der Waals surface area contributed by atoms with E-state index >= 15 is 0 Å². The molecule has 0 saturated carbocycles. The van der Waals surface area contributed by atoms with Gasteiger partial charge in [0.15, 0.2) is 0 Å². The molecule has 1 aromatic heterocycles. The molecule has 0 spiro atoms. The smallest absolute Gasteiger partial charge is 0.0503 e. The summed E-state index contributed by atoms with van der Waals surface area (Å²) in [4.78, 5) is 0. The van der Waals surface area contributed by atoms with E-state index in [0.717, 1.165) is 12.1 Å². The van der Waals surface area contributed by atoms with Gasteiger partial charge in [-0.15, -0.1) is 0 Å². The van der Waals surface area contributed by atoms with Gasteiger partial charge in [0.2, 0.25) is 0 Å². The maximum absolute atomic E-state index is 6.24. The number of nitrogens with zero attached hydrogens (tertiary/aromatic N) is 1. The lowest BCUT2D eigenvalue weighted by Gasteiger charge is -2.21. The summed E-state index contributed by atoms with van der Waals surface area (Å²) in [6.07, 6.45) is 2.05. The van der Waals surface area contributed by atoms with Crippen molar-refractivity contribution in [1.29, 1.82) is 0 Å². The molecule has 1 aromatic carbocycles. The number of nitrogens with one attached hydrogen (secondary N) is 1. The van der Waals surface area contributed by atoms with Crippen molar-refractivity contribution in [3.8, 4) is 0 Å². The number of aromatic nitrogens is 1. The van der Waals surface area contributed by atoms with E-state index in [1.807, 2.05) is 24.3 Å². The largest absolute Gasteiger partial charge is 0.346 e. The average Bonchev–Trinajstić information content (AvgIpc) is 2.78. The van der Waals surface area contributed by atoms with Crippen LogP contribution in [0.4, 0.5) is 0 Å². The zero-order chi connectivity index (χ0) is 14.8. The van der Waals surface area contributed by atoms with E-state index in [1.165, 1.54) is 5.69 Å². The minimum atomic E-state index is 0.0944. The van der Waals surface area contributed by atoms with Gasteiger partial charge in [-0.2, -0.15) is 0 Å². The lowest BCUT2D eigenvalue weighted by molar-refractivity contribution is 0.417. The van der Waals surface area contributed by atoms with Crippen molar-refractivity contribution in [3.63, 3.8) is 0 Å². The van der Waals surface area contributed by atoms with Crippen molar-refractivity contribution in [2.24, 2.45) is 0 Å². The lowest BCUT2D eigenvalue weighted by atomic mass is 10.1. The number of hydrogen-bond acceptors (Lipinski definition) is 1. The van der Waals surface area contributed by atoms with Crippen molar-refractivity contribution in [1.82, 2.24) is 9.88 Å². The van der Waals surface area contributed by atoms with Gasteiger partial charge in [0.05, 0.1) is 6.54 Å². The van der Waals surface area contributed by atoms with Gasteiger partial charge in [-0.1, -0.05) is 29.3 Å². The van der Waals surface area contributed by atoms with Gasteiger partial charge in [-0.05, 0) is 45.0 Å². The van der Waals surface area contributed by atoms with Crippen LogP contribution in [0.1, 0.15) is 32.0 Å². The third-order valence-electron chi connectivity index (χ3n) is 3.11. The normalized spacial score (nSPS) is 11.8. The Labute approximate surface area is 130 Å². The molecule has 0 atom stereocenters. The van der Waals surface area contributed by atoms with Crippen LogP contribution in [0.5, 0.6) is 0 Å². The van der Waals surface area contributed by atoms with Crippen molar-refractivity contribution < 1.29 is 0 Å². The molecule has 20 heavy (non-hydrogen) atoms. The summed E-state index contributed by atoms with van der Waals surface area (Å²) >= 11 is 12.5. The number of benzene rings is 1. The molecule has 2 nitrogen and oxygen atoms in total. The standard InChI is InChI=1S/C16H20Cl2N2/c1-16(2,3)19-10-12-6-5-9-20(12)11-13-14(17)7-4-8-15(13)18/h4-9,19H,10-11H2,1-3H3. The number of halogens is 2. The van der Waals surface area contributed by atoms with Crippen LogP contribution in [0.3, 0.4) is 0 Å². The van der Waals surface area contributed by atoms with Gasteiger partial charge in [0.1, 0.15) is 0 Å². The summed E-state index contributed by atoms with van der Waals surface area (Å²) < 4.78 is 2.17. The van der Waals surface area contributed by atoms with Gasteiger partial charge in [-0.3, -0.25) is 0 Å². The Morgan fingerprint density at radius 1 is 1.05 bits per heavy atom. The van der Waals surface area contributed by atoms with Gasteiger partial charge in [-0.25, -0.2) is 0 Å². The average molecular weight is 311 g/mol. The second kappa shape index (κ2) is 6.21. The Hall–Kier alpha value is -0.960. The summed E-state index contributed by atoms with van der Waals surface area (Å²) in [5.74, 6) is 0. The second-order valence-electron chi connectivity index (χ2n) is 5.93. The van der Waals surface area contributed by atoms with Gasteiger partial charge in [0, 0.05) is 39.6 Å². The minimum Gasteiger partial charge on any atom is -0.346 e. The van der Waals surface area contributed by atoms with Gasteiger partial charge < -0.3 is 9.88 Å². The molecule has 0 aliphatic carbocycles. The number of hydrogen-bond donors (Lipinski definition) is 1. The van der Waals surface area contributed by atoms with Crippen LogP contribution in [0, 0.1) is 0 Å². The zero-order valence-corrected chi connectivity index (χ0v) is 13.6. The monoisotopic (exact) mass is 310 g/mol. The van der Waals surface area contributed by atoms with E-state index in [9.17, 15) is 0 Å². The summed E-state index contributed by atoms with van der Waals surface area (Å²) in [5, 5.41) is 4.91. The highest BCUT2D eigenvalue weighted by Crippen LogP contribution is 2.25. The number of rotatable bonds is 4. The predicted molar refractivity (Wildman–Crippen MR) is 86.6 cm³/mol. The first-order chi connectivity index (χ1) is 9.37. The van der Waals surface area contributed by atoms with Crippen molar-refractivity contribution in [2.45, 2.75) is 39.4 Å². The first-order valence-corrected chi connectivity index (χ1v) is 7.44. The fourth-order valence-corrected chi connectivity index (χ4v) is 2.49. The summed E-state index contributed by atoms with van der Waals surface area (Å²) in [5.41, 5.74) is 2.27. The minimum absolute atomic E-state index is 0.0944. The topological polar surface area (TPSA) is 17.0 Å². The Morgan fingerprint density at radius 2 is 1.70 bits per heavy atom. The molecule has 0 aliphatic heterocycles. The van der Waals surface area contributed by atoms with E-state index in [-0.39, 0.29) is 5.54 Å². The Bertz CT molecular complexity index is 562. The molecule has 2 aromatic rings. The van der Waals surface area contributed by atoms with Gasteiger partial charge in [0.25, 0.3) is 0 Å². The quantitative estimate of drug-likeness (QED) is 0.863. The SMILES string of the molecule is CC(C)(C)NCc1cccn1Cc1c(Cl)cccc1Cl. The van der Waals surface area contributed by atoms with E-state index < -0.39 is 0 Å². The third kappa shape index (κ3) is 4.02. The molecule has 1 N–H and O–H groups in total. The maximum atomic E-state index is 6.24. The maximum Gasteiger partial charge on any atom is 0.0503 e. The van der Waals surface area contributed by atoms with Crippen molar-refractivity contribution in [2.75, 3.05) is 0 Å². The molecule has 0 amide bonds. The Morgan fingerprint density at radius 3 is 2.30 bits per heavy atom. The molecule has 4 heteroatoms. The highest BCUT2D eigenvalue weighted by atomic mass is 35.5. The molecular weight excluding hydrogens is 291 g/mol. The molecular formula is C16H20Cl2N2. The fraction of sp³-hybridized carbons (Fsp3) is 0.375. The van der Waals surface area contributed by atoms with Crippen molar-refractivity contribution >= 4 is 23.2 Å². The van der Waals surface area contributed by atoms with Crippen LogP contribution in [0.15, 0.2) is 36.5 Å². The Balaban J connectivity index is 2.17. The van der Waals surface area contributed by atoms with Crippen molar-refractivity contribution in [3.05, 3.63) is 57.8 Å².